The maximum Gasteiger partial charge on any atom is 0.0705 e. The third-order valence-corrected chi connectivity index (χ3v) is 3.36. The topological polar surface area (TPSA) is 12.9 Å². The molecule has 0 amide bonds. The van der Waals surface area contributed by atoms with Crippen LogP contribution in [0.3, 0.4) is 0 Å². The van der Waals surface area contributed by atoms with E-state index in [1.807, 2.05) is 12.3 Å². The first-order valence-corrected chi connectivity index (χ1v) is 6.59. The molecule has 0 bridgehead atoms. The van der Waals surface area contributed by atoms with Gasteiger partial charge in [-0.15, -0.1) is 0 Å². The molecule has 0 aliphatic carbocycles. The number of nitrogens with zero attached hydrogens (tertiary/aromatic N) is 1. The van der Waals surface area contributed by atoms with Crippen LogP contribution in [-0.4, -0.2) is 4.98 Å². The van der Waals surface area contributed by atoms with Gasteiger partial charge < -0.3 is 0 Å². The Morgan fingerprint density at radius 1 is 0.833 bits per heavy atom. The van der Waals surface area contributed by atoms with Crippen LogP contribution in [0.5, 0.6) is 0 Å². The summed E-state index contributed by atoms with van der Waals surface area (Å²) in [6.45, 7) is 13.6. The lowest BCUT2D eigenvalue weighted by Crippen LogP contribution is -2.22. The summed E-state index contributed by atoms with van der Waals surface area (Å²) < 4.78 is 0. The Balaban J connectivity index is 2.81. The van der Waals surface area contributed by atoms with Gasteiger partial charge in [-0.3, -0.25) is 4.98 Å². The SMILES string of the molecule is CC(C)(C)c1cc2cccnc2cc1C(C)(C)C. The van der Waals surface area contributed by atoms with E-state index in [4.69, 9.17) is 0 Å². The van der Waals surface area contributed by atoms with Gasteiger partial charge in [-0.1, -0.05) is 47.6 Å². The molecule has 0 aliphatic heterocycles. The van der Waals surface area contributed by atoms with Gasteiger partial charge in [0.15, 0.2) is 0 Å². The summed E-state index contributed by atoms with van der Waals surface area (Å²) in [5.41, 5.74) is 4.23. The quantitative estimate of drug-likeness (QED) is 0.643. The third kappa shape index (κ3) is 2.40. The largest absolute Gasteiger partial charge is 0.256 e. The fourth-order valence-electron chi connectivity index (χ4n) is 2.36. The Kier molecular flexibility index (Phi) is 2.96. The van der Waals surface area contributed by atoms with Gasteiger partial charge in [-0.2, -0.15) is 0 Å². The van der Waals surface area contributed by atoms with Gasteiger partial charge in [0.05, 0.1) is 5.52 Å². The van der Waals surface area contributed by atoms with E-state index in [1.165, 1.54) is 16.5 Å². The van der Waals surface area contributed by atoms with Crippen molar-refractivity contribution in [1.82, 2.24) is 4.98 Å². The molecule has 2 aromatic rings. The average molecular weight is 241 g/mol. The van der Waals surface area contributed by atoms with Crippen molar-refractivity contribution in [2.24, 2.45) is 0 Å². The molecule has 1 nitrogen and oxygen atoms in total. The number of benzene rings is 1. The van der Waals surface area contributed by atoms with Crippen molar-refractivity contribution in [3.05, 3.63) is 41.6 Å². The maximum absolute atomic E-state index is 4.48. The summed E-state index contributed by atoms with van der Waals surface area (Å²) in [6, 6.07) is 8.72. The number of hydrogen-bond donors (Lipinski definition) is 0. The van der Waals surface area contributed by atoms with Crippen LogP contribution < -0.4 is 0 Å². The first-order chi connectivity index (χ1) is 8.19. The van der Waals surface area contributed by atoms with Crippen LogP contribution >= 0.6 is 0 Å². The highest BCUT2D eigenvalue weighted by molar-refractivity contribution is 5.81. The zero-order chi connectivity index (χ0) is 13.6. The van der Waals surface area contributed by atoms with Crippen LogP contribution in [-0.2, 0) is 10.8 Å². The van der Waals surface area contributed by atoms with Crippen molar-refractivity contribution >= 4 is 10.9 Å². The lowest BCUT2D eigenvalue weighted by atomic mass is 9.75. The molecule has 0 N–H and O–H groups in total. The first kappa shape index (κ1) is 13.1. The summed E-state index contributed by atoms with van der Waals surface area (Å²) in [7, 11) is 0. The molecule has 18 heavy (non-hydrogen) atoms. The Labute approximate surface area is 110 Å². The Morgan fingerprint density at radius 3 is 1.94 bits per heavy atom. The van der Waals surface area contributed by atoms with Crippen molar-refractivity contribution in [1.29, 1.82) is 0 Å². The van der Waals surface area contributed by atoms with E-state index in [0.29, 0.717) is 0 Å². The van der Waals surface area contributed by atoms with Crippen molar-refractivity contribution in [3.63, 3.8) is 0 Å². The number of aromatic nitrogens is 1. The van der Waals surface area contributed by atoms with E-state index < -0.39 is 0 Å². The van der Waals surface area contributed by atoms with Crippen LogP contribution in [0.25, 0.3) is 10.9 Å². The minimum absolute atomic E-state index is 0.147. The van der Waals surface area contributed by atoms with Gasteiger partial charge in [-0.05, 0) is 40.2 Å². The number of fused-ring (bicyclic) bond motifs is 1. The minimum atomic E-state index is 0.147. The maximum atomic E-state index is 4.48. The lowest BCUT2D eigenvalue weighted by molar-refractivity contribution is 0.531. The lowest BCUT2D eigenvalue weighted by Gasteiger charge is -2.30. The van der Waals surface area contributed by atoms with E-state index in [-0.39, 0.29) is 10.8 Å². The van der Waals surface area contributed by atoms with Crippen molar-refractivity contribution in [3.8, 4) is 0 Å². The molecule has 0 radical (unpaired) electrons. The second kappa shape index (κ2) is 4.08. The van der Waals surface area contributed by atoms with Crippen LogP contribution in [0, 0.1) is 0 Å². The van der Waals surface area contributed by atoms with Gasteiger partial charge in [0.2, 0.25) is 0 Å². The second-order valence-corrected chi connectivity index (χ2v) is 7.09. The molecule has 1 heteroatoms. The predicted molar refractivity (Wildman–Crippen MR) is 79.1 cm³/mol. The molecule has 0 fully saturated rings. The minimum Gasteiger partial charge on any atom is -0.256 e. The standard InChI is InChI=1S/C17H23N/c1-16(2,3)13-10-12-8-7-9-18-15(12)11-14(13)17(4,5)6/h7-11H,1-6H3. The highest BCUT2D eigenvalue weighted by atomic mass is 14.6. The Bertz CT molecular complexity index is 516. The van der Waals surface area contributed by atoms with Gasteiger partial charge in [-0.25, -0.2) is 0 Å². The fourth-order valence-corrected chi connectivity index (χ4v) is 2.36. The predicted octanol–water partition coefficient (Wildman–Crippen LogP) is 4.83. The normalized spacial score (nSPS) is 13.0. The van der Waals surface area contributed by atoms with Crippen molar-refractivity contribution < 1.29 is 0 Å². The van der Waals surface area contributed by atoms with Gasteiger partial charge in [0, 0.05) is 11.6 Å². The molecule has 96 valence electrons. The van der Waals surface area contributed by atoms with E-state index in [0.717, 1.165) is 5.52 Å². The van der Waals surface area contributed by atoms with Gasteiger partial charge in [0.1, 0.15) is 0 Å². The smallest absolute Gasteiger partial charge is 0.0705 e. The van der Waals surface area contributed by atoms with Crippen molar-refractivity contribution in [2.45, 2.75) is 52.4 Å². The van der Waals surface area contributed by atoms with Crippen LogP contribution in [0.2, 0.25) is 0 Å². The molecule has 0 saturated carbocycles. The summed E-state index contributed by atoms with van der Waals surface area (Å²) in [6.07, 6.45) is 1.87. The van der Waals surface area contributed by atoms with E-state index >= 15 is 0 Å². The zero-order valence-electron chi connectivity index (χ0n) is 12.3. The van der Waals surface area contributed by atoms with Crippen molar-refractivity contribution in [2.75, 3.05) is 0 Å². The van der Waals surface area contributed by atoms with E-state index in [2.05, 4.69) is 64.7 Å². The van der Waals surface area contributed by atoms with E-state index in [1.54, 1.807) is 0 Å². The molecule has 1 aromatic heterocycles. The Hall–Kier alpha value is -1.37. The highest BCUT2D eigenvalue weighted by Crippen LogP contribution is 2.36. The summed E-state index contributed by atoms with van der Waals surface area (Å²) in [4.78, 5) is 4.48. The summed E-state index contributed by atoms with van der Waals surface area (Å²) >= 11 is 0. The molecule has 1 heterocycles. The second-order valence-electron chi connectivity index (χ2n) is 7.09. The average Bonchev–Trinajstić information content (AvgIpc) is 2.25. The van der Waals surface area contributed by atoms with Gasteiger partial charge >= 0.3 is 0 Å². The number of rotatable bonds is 0. The van der Waals surface area contributed by atoms with Crippen LogP contribution in [0.15, 0.2) is 30.5 Å². The first-order valence-electron chi connectivity index (χ1n) is 6.59. The summed E-state index contributed by atoms with van der Waals surface area (Å²) in [5.74, 6) is 0. The highest BCUT2D eigenvalue weighted by Gasteiger charge is 2.25. The molecule has 0 unspecified atom stereocenters. The third-order valence-electron chi connectivity index (χ3n) is 3.36. The molecule has 0 aliphatic rings. The monoisotopic (exact) mass is 241 g/mol. The molecule has 0 saturated heterocycles. The van der Waals surface area contributed by atoms with Crippen LogP contribution in [0.1, 0.15) is 52.7 Å². The van der Waals surface area contributed by atoms with Crippen LogP contribution in [0.4, 0.5) is 0 Å². The van der Waals surface area contributed by atoms with Gasteiger partial charge in [0.25, 0.3) is 0 Å². The number of pyridine rings is 1. The Morgan fingerprint density at radius 2 is 1.39 bits per heavy atom. The molecule has 0 atom stereocenters. The molecule has 1 aromatic carbocycles. The molecular weight excluding hydrogens is 218 g/mol. The molecule has 2 rings (SSSR count). The number of hydrogen-bond acceptors (Lipinski definition) is 1. The molecule has 0 spiro atoms. The molecular formula is C17H23N. The summed E-state index contributed by atoms with van der Waals surface area (Å²) in [5, 5.41) is 1.23. The zero-order valence-corrected chi connectivity index (χ0v) is 12.3. The fraction of sp³-hybridized carbons (Fsp3) is 0.471. The van der Waals surface area contributed by atoms with E-state index in [9.17, 15) is 0 Å².